The van der Waals surface area contributed by atoms with Gasteiger partial charge in [0.2, 0.25) is 5.95 Å². The van der Waals surface area contributed by atoms with Gasteiger partial charge in [-0.05, 0) is 92.2 Å². The van der Waals surface area contributed by atoms with Gasteiger partial charge in [-0.1, -0.05) is 25.4 Å². The van der Waals surface area contributed by atoms with Gasteiger partial charge in [-0.25, -0.2) is 9.97 Å². The Morgan fingerprint density at radius 3 is 2.89 bits per heavy atom. The molecule has 2 aromatic carbocycles. The number of halogens is 1. The molecule has 1 aliphatic heterocycles. The molecule has 1 aromatic heterocycles. The monoisotopic (exact) mass is 487 g/mol. The first-order valence-corrected chi connectivity index (χ1v) is 12.5. The Hall–Kier alpha value is -3.14. The number of likely N-dealkylation sites (tertiary alicyclic amines) is 1. The number of likely N-dealkylation sites (N-methyl/N-ethyl adjacent to an activating group) is 1. The second kappa shape index (κ2) is 9.49. The predicted octanol–water partition coefficient (Wildman–Crippen LogP) is 6.11. The first kappa shape index (κ1) is 23.6. The highest BCUT2D eigenvalue weighted by atomic mass is 35.5. The van der Waals surface area contributed by atoms with Crippen LogP contribution in [0, 0.1) is 11.3 Å². The Balaban J connectivity index is 1.44. The molecule has 2 heterocycles. The fourth-order valence-corrected chi connectivity index (χ4v) is 5.33. The van der Waals surface area contributed by atoms with Gasteiger partial charge in [0, 0.05) is 23.3 Å². The smallest absolute Gasteiger partial charge is 0.227 e. The minimum Gasteiger partial charge on any atom is -0.487 e. The largest absolute Gasteiger partial charge is 0.487 e. The van der Waals surface area contributed by atoms with E-state index < -0.39 is 0 Å². The number of anilines is 2. The van der Waals surface area contributed by atoms with Gasteiger partial charge in [0.05, 0.1) is 23.0 Å². The standard InChI is InChI=1S/C28H30ClN5O/c1-28(2)10-8-22-19(16-30)13-18(14-23(22)28)24-9-11-31-27(32-24)33-25-15-20(29)6-7-26(25)35-21-5-4-12-34(3)17-21/h6-7,9,11,13-15,21H,4-5,8,10,12,17H2,1-3H3,(H,31,32,33). The minimum atomic E-state index is 0.0469. The van der Waals surface area contributed by atoms with E-state index in [0.717, 1.165) is 67.0 Å². The van der Waals surface area contributed by atoms with E-state index in [1.807, 2.05) is 30.3 Å². The summed E-state index contributed by atoms with van der Waals surface area (Å²) in [7, 11) is 2.12. The number of hydrogen-bond acceptors (Lipinski definition) is 6. The fourth-order valence-electron chi connectivity index (χ4n) is 5.16. The molecule has 1 atom stereocenters. The first-order valence-electron chi connectivity index (χ1n) is 12.1. The third kappa shape index (κ3) is 4.98. The van der Waals surface area contributed by atoms with Crippen molar-refractivity contribution in [1.82, 2.24) is 14.9 Å². The predicted molar refractivity (Wildman–Crippen MR) is 139 cm³/mol. The summed E-state index contributed by atoms with van der Waals surface area (Å²) in [5.41, 5.74) is 5.61. The van der Waals surface area contributed by atoms with Gasteiger partial charge in [-0.2, -0.15) is 5.26 Å². The molecule has 0 spiro atoms. The van der Waals surface area contributed by atoms with Crippen molar-refractivity contribution in [3.8, 4) is 23.1 Å². The molecule has 6 nitrogen and oxygen atoms in total. The van der Waals surface area contributed by atoms with E-state index in [9.17, 15) is 5.26 Å². The molecule has 0 radical (unpaired) electrons. The van der Waals surface area contributed by atoms with Crippen molar-refractivity contribution in [1.29, 1.82) is 5.26 Å². The normalized spacial score (nSPS) is 19.1. The zero-order valence-corrected chi connectivity index (χ0v) is 21.2. The number of piperidine rings is 1. The van der Waals surface area contributed by atoms with Crippen LogP contribution in [-0.4, -0.2) is 41.1 Å². The third-order valence-electron chi connectivity index (χ3n) is 7.11. The van der Waals surface area contributed by atoms with E-state index in [4.69, 9.17) is 21.3 Å². The molecule has 180 valence electrons. The second-order valence-electron chi connectivity index (χ2n) is 10.2. The lowest BCUT2D eigenvalue weighted by Gasteiger charge is -2.30. The zero-order valence-electron chi connectivity index (χ0n) is 20.4. The van der Waals surface area contributed by atoms with Crippen LogP contribution in [0.25, 0.3) is 11.3 Å². The van der Waals surface area contributed by atoms with Crippen molar-refractivity contribution in [3.05, 3.63) is 64.3 Å². The Morgan fingerprint density at radius 1 is 1.23 bits per heavy atom. The number of fused-ring (bicyclic) bond motifs is 1. The van der Waals surface area contributed by atoms with E-state index in [1.54, 1.807) is 6.20 Å². The van der Waals surface area contributed by atoms with Gasteiger partial charge >= 0.3 is 0 Å². The molecule has 5 rings (SSSR count). The number of ether oxygens (including phenoxy) is 1. The molecule has 0 amide bonds. The SMILES string of the molecule is CN1CCCC(Oc2ccc(Cl)cc2Nc2nccc(-c3cc(C#N)c4c(c3)C(C)(C)CC4)n2)C1. The van der Waals surface area contributed by atoms with E-state index >= 15 is 0 Å². The maximum absolute atomic E-state index is 9.78. The fraction of sp³-hybridized carbons (Fsp3) is 0.393. The highest BCUT2D eigenvalue weighted by Crippen LogP contribution is 2.42. The molecule has 1 fully saturated rings. The van der Waals surface area contributed by atoms with Crippen LogP contribution in [-0.2, 0) is 11.8 Å². The number of benzene rings is 2. The van der Waals surface area contributed by atoms with Crippen molar-refractivity contribution >= 4 is 23.2 Å². The van der Waals surface area contributed by atoms with Crippen LogP contribution >= 0.6 is 11.6 Å². The molecule has 1 saturated heterocycles. The Kier molecular flexibility index (Phi) is 6.39. The average molecular weight is 488 g/mol. The maximum Gasteiger partial charge on any atom is 0.227 e. The van der Waals surface area contributed by atoms with Gasteiger partial charge in [0.1, 0.15) is 11.9 Å². The molecule has 2 aliphatic rings. The van der Waals surface area contributed by atoms with Crippen LogP contribution in [0.3, 0.4) is 0 Å². The number of nitrogens with zero attached hydrogens (tertiary/aromatic N) is 4. The lowest BCUT2D eigenvalue weighted by molar-refractivity contribution is 0.105. The lowest BCUT2D eigenvalue weighted by atomic mass is 9.84. The van der Waals surface area contributed by atoms with Gasteiger partial charge in [0.15, 0.2) is 0 Å². The average Bonchev–Trinajstić information content (AvgIpc) is 3.15. The van der Waals surface area contributed by atoms with Crippen molar-refractivity contribution < 1.29 is 4.74 Å². The number of aromatic nitrogens is 2. The van der Waals surface area contributed by atoms with Gasteiger partial charge in [-0.3, -0.25) is 0 Å². The van der Waals surface area contributed by atoms with Crippen LogP contribution < -0.4 is 10.1 Å². The Bertz CT molecular complexity index is 1300. The number of rotatable bonds is 5. The summed E-state index contributed by atoms with van der Waals surface area (Å²) in [6.45, 7) is 6.46. The molecule has 1 N–H and O–H groups in total. The molecular weight excluding hydrogens is 458 g/mol. The number of hydrogen-bond donors (Lipinski definition) is 1. The summed E-state index contributed by atoms with van der Waals surface area (Å²) in [5, 5.41) is 13.7. The van der Waals surface area contributed by atoms with Crippen molar-refractivity contribution in [3.63, 3.8) is 0 Å². The highest BCUT2D eigenvalue weighted by Gasteiger charge is 2.32. The quantitative estimate of drug-likeness (QED) is 0.468. The van der Waals surface area contributed by atoms with E-state index in [2.05, 4.69) is 48.2 Å². The molecule has 3 aromatic rings. The van der Waals surface area contributed by atoms with E-state index in [-0.39, 0.29) is 11.5 Å². The molecule has 7 heteroatoms. The highest BCUT2D eigenvalue weighted by molar-refractivity contribution is 6.31. The molecule has 1 aliphatic carbocycles. The molecule has 0 saturated carbocycles. The van der Waals surface area contributed by atoms with E-state index in [1.165, 1.54) is 11.1 Å². The van der Waals surface area contributed by atoms with Gasteiger partial charge in [-0.15, -0.1) is 0 Å². The van der Waals surface area contributed by atoms with Crippen LogP contribution in [0.4, 0.5) is 11.6 Å². The Morgan fingerprint density at radius 2 is 2.09 bits per heavy atom. The second-order valence-corrected chi connectivity index (χ2v) is 10.7. The van der Waals surface area contributed by atoms with Crippen LogP contribution in [0.5, 0.6) is 5.75 Å². The third-order valence-corrected chi connectivity index (χ3v) is 7.35. The summed E-state index contributed by atoms with van der Waals surface area (Å²) in [5.74, 6) is 1.18. The minimum absolute atomic E-state index is 0.0469. The summed E-state index contributed by atoms with van der Waals surface area (Å²) in [6, 6.07) is 14.0. The topological polar surface area (TPSA) is 74.1 Å². The molecular formula is C28H30ClN5O. The summed E-state index contributed by atoms with van der Waals surface area (Å²) >= 11 is 6.32. The van der Waals surface area contributed by atoms with Gasteiger partial charge < -0.3 is 15.0 Å². The van der Waals surface area contributed by atoms with Gasteiger partial charge in [0.25, 0.3) is 0 Å². The molecule has 0 bridgehead atoms. The number of nitrogens with one attached hydrogen (secondary N) is 1. The molecule has 1 unspecified atom stereocenters. The van der Waals surface area contributed by atoms with Crippen molar-refractivity contribution in [2.45, 2.75) is 51.0 Å². The maximum atomic E-state index is 9.78. The van der Waals surface area contributed by atoms with Crippen molar-refractivity contribution in [2.24, 2.45) is 0 Å². The van der Waals surface area contributed by atoms with Crippen LogP contribution in [0.1, 0.15) is 49.8 Å². The van der Waals surface area contributed by atoms with E-state index in [0.29, 0.717) is 11.0 Å². The van der Waals surface area contributed by atoms with Crippen LogP contribution in [0.2, 0.25) is 5.02 Å². The summed E-state index contributed by atoms with van der Waals surface area (Å²) in [6.07, 6.45) is 5.99. The zero-order chi connectivity index (χ0) is 24.6. The van der Waals surface area contributed by atoms with Crippen LogP contribution in [0.15, 0.2) is 42.6 Å². The summed E-state index contributed by atoms with van der Waals surface area (Å²) in [4.78, 5) is 11.5. The molecule has 35 heavy (non-hydrogen) atoms. The Labute approximate surface area is 211 Å². The van der Waals surface area contributed by atoms with Crippen molar-refractivity contribution in [2.75, 3.05) is 25.5 Å². The summed E-state index contributed by atoms with van der Waals surface area (Å²) < 4.78 is 6.35. The first-order chi connectivity index (χ1) is 16.8. The number of nitriles is 1. The lowest BCUT2D eigenvalue weighted by Crippen LogP contribution is -2.38.